The van der Waals surface area contributed by atoms with Gasteiger partial charge in [-0.15, -0.1) is 0 Å². The normalized spacial score (nSPS) is 11.2. The van der Waals surface area contributed by atoms with Crippen LogP contribution in [0.2, 0.25) is 5.02 Å². The Morgan fingerprint density at radius 1 is 1.00 bits per heavy atom. The standard InChI is InChI=1S/C25H23ClN2O6/c1-25(2,3)34-24(31)22(29)14-23(30)27(19-10-11-20(26)21(13-19)28(32)33)15-16-8-9-17-6-4-5-7-18(17)12-16/h4-13H,14-15H2,1-3H3. The van der Waals surface area contributed by atoms with Crippen molar-refractivity contribution in [1.29, 1.82) is 0 Å². The van der Waals surface area contributed by atoms with Crippen LogP contribution in [0.4, 0.5) is 11.4 Å². The zero-order valence-electron chi connectivity index (χ0n) is 18.9. The Morgan fingerprint density at radius 3 is 2.32 bits per heavy atom. The molecule has 176 valence electrons. The SMILES string of the molecule is CC(C)(C)OC(=O)C(=O)CC(=O)N(Cc1ccc2ccccc2c1)c1ccc(Cl)c([N+](=O)[O-])c1. The zero-order chi connectivity index (χ0) is 25.0. The first-order valence-corrected chi connectivity index (χ1v) is 10.8. The van der Waals surface area contributed by atoms with E-state index in [2.05, 4.69) is 0 Å². The minimum atomic E-state index is -1.12. The van der Waals surface area contributed by atoms with E-state index in [1.165, 1.54) is 23.1 Å². The Kier molecular flexibility index (Phi) is 7.32. The Balaban J connectivity index is 1.95. The molecule has 0 atom stereocenters. The molecule has 0 bridgehead atoms. The van der Waals surface area contributed by atoms with Crippen molar-refractivity contribution in [3.05, 3.63) is 81.4 Å². The van der Waals surface area contributed by atoms with Crippen LogP contribution in [0.15, 0.2) is 60.7 Å². The van der Waals surface area contributed by atoms with Gasteiger partial charge >= 0.3 is 5.97 Å². The predicted molar refractivity (Wildman–Crippen MR) is 129 cm³/mol. The number of carbonyl (C=O) groups is 3. The summed E-state index contributed by atoms with van der Waals surface area (Å²) in [6, 6.07) is 17.2. The average Bonchev–Trinajstić information content (AvgIpc) is 2.76. The van der Waals surface area contributed by atoms with Crippen LogP contribution in [0.5, 0.6) is 0 Å². The van der Waals surface area contributed by atoms with Crippen LogP contribution in [0.1, 0.15) is 32.8 Å². The van der Waals surface area contributed by atoms with Crippen molar-refractivity contribution in [2.45, 2.75) is 39.3 Å². The number of esters is 1. The molecule has 3 aromatic rings. The molecule has 0 aliphatic rings. The number of nitro groups is 1. The van der Waals surface area contributed by atoms with Gasteiger partial charge in [-0.05, 0) is 55.3 Å². The van der Waals surface area contributed by atoms with E-state index in [1.807, 2.05) is 42.5 Å². The number of carbonyl (C=O) groups excluding carboxylic acids is 3. The molecule has 34 heavy (non-hydrogen) atoms. The van der Waals surface area contributed by atoms with Crippen molar-refractivity contribution in [3.63, 3.8) is 0 Å². The van der Waals surface area contributed by atoms with Crippen LogP contribution in [0.3, 0.4) is 0 Å². The highest BCUT2D eigenvalue weighted by atomic mass is 35.5. The summed E-state index contributed by atoms with van der Waals surface area (Å²) >= 11 is 5.93. The molecule has 0 aliphatic carbocycles. The largest absolute Gasteiger partial charge is 0.454 e. The second kappa shape index (κ2) is 10.0. The summed E-state index contributed by atoms with van der Waals surface area (Å²) in [4.78, 5) is 49.6. The molecule has 3 rings (SSSR count). The lowest BCUT2D eigenvalue weighted by Gasteiger charge is -2.24. The summed E-state index contributed by atoms with van der Waals surface area (Å²) in [6.45, 7) is 4.85. The number of hydrogen-bond donors (Lipinski definition) is 0. The molecule has 0 aliphatic heterocycles. The maximum atomic E-state index is 13.2. The quantitative estimate of drug-likeness (QED) is 0.150. The number of nitrogens with zero attached hydrogens (tertiary/aromatic N) is 2. The van der Waals surface area contributed by atoms with Gasteiger partial charge in [-0.1, -0.05) is 48.0 Å². The van der Waals surface area contributed by atoms with Crippen molar-refractivity contribution in [2.75, 3.05) is 4.90 Å². The maximum Gasteiger partial charge on any atom is 0.375 e. The van der Waals surface area contributed by atoms with Gasteiger partial charge in [-0.2, -0.15) is 0 Å². The number of amides is 1. The second-order valence-electron chi connectivity index (χ2n) is 8.66. The number of halogens is 1. The summed E-state index contributed by atoms with van der Waals surface area (Å²) in [5.41, 5.74) is -0.369. The number of hydrogen-bond acceptors (Lipinski definition) is 6. The molecule has 9 heteroatoms. The van der Waals surface area contributed by atoms with Crippen LogP contribution in [0.25, 0.3) is 10.8 Å². The number of ketones is 1. The van der Waals surface area contributed by atoms with Crippen molar-refractivity contribution in [3.8, 4) is 0 Å². The van der Waals surface area contributed by atoms with Crippen molar-refractivity contribution >= 4 is 51.4 Å². The van der Waals surface area contributed by atoms with E-state index in [-0.39, 0.29) is 22.9 Å². The molecule has 1 amide bonds. The van der Waals surface area contributed by atoms with Crippen LogP contribution >= 0.6 is 11.6 Å². The van der Waals surface area contributed by atoms with Crippen LogP contribution in [-0.2, 0) is 25.7 Å². The first-order chi connectivity index (χ1) is 15.9. The molecule has 0 N–H and O–H groups in total. The van der Waals surface area contributed by atoms with Gasteiger partial charge in [0.25, 0.3) is 5.69 Å². The summed E-state index contributed by atoms with van der Waals surface area (Å²) < 4.78 is 5.05. The molecular weight excluding hydrogens is 460 g/mol. The summed E-state index contributed by atoms with van der Waals surface area (Å²) in [5.74, 6) is -2.83. The molecule has 0 saturated carbocycles. The molecule has 0 unspecified atom stereocenters. The highest BCUT2D eigenvalue weighted by Crippen LogP contribution is 2.31. The van der Waals surface area contributed by atoms with E-state index < -0.39 is 34.6 Å². The Bertz CT molecular complexity index is 1280. The highest BCUT2D eigenvalue weighted by molar-refractivity contribution is 6.37. The molecule has 3 aromatic carbocycles. The summed E-state index contributed by atoms with van der Waals surface area (Å²) in [6.07, 6.45) is -0.751. The van der Waals surface area contributed by atoms with E-state index in [4.69, 9.17) is 16.3 Å². The number of Topliss-reactive ketones (excluding diaryl/α,β-unsaturated/α-hetero) is 1. The minimum absolute atomic E-state index is 0.0179. The fourth-order valence-corrected chi connectivity index (χ4v) is 3.48. The molecular formula is C25H23ClN2O6. The van der Waals surface area contributed by atoms with Crippen molar-refractivity contribution < 1.29 is 24.0 Å². The van der Waals surface area contributed by atoms with Gasteiger partial charge in [-0.25, -0.2) is 4.79 Å². The van der Waals surface area contributed by atoms with Gasteiger partial charge < -0.3 is 9.64 Å². The van der Waals surface area contributed by atoms with E-state index in [0.29, 0.717) is 0 Å². The third kappa shape index (κ3) is 6.17. The molecule has 0 spiro atoms. The second-order valence-corrected chi connectivity index (χ2v) is 9.06. The lowest BCUT2D eigenvalue weighted by molar-refractivity contribution is -0.384. The molecule has 0 radical (unpaired) electrons. The highest BCUT2D eigenvalue weighted by Gasteiger charge is 2.28. The monoisotopic (exact) mass is 482 g/mol. The minimum Gasteiger partial charge on any atom is -0.454 e. The topological polar surface area (TPSA) is 107 Å². The van der Waals surface area contributed by atoms with Crippen molar-refractivity contribution in [2.24, 2.45) is 0 Å². The number of benzene rings is 3. The van der Waals surface area contributed by atoms with E-state index in [9.17, 15) is 24.5 Å². The van der Waals surface area contributed by atoms with Crippen LogP contribution in [-0.4, -0.2) is 28.2 Å². The van der Waals surface area contributed by atoms with Crippen LogP contribution in [0, 0.1) is 10.1 Å². The molecule has 0 fully saturated rings. The first kappa shape index (κ1) is 24.9. The fourth-order valence-electron chi connectivity index (χ4n) is 3.29. The predicted octanol–water partition coefficient (Wildman–Crippen LogP) is 5.24. The first-order valence-electron chi connectivity index (χ1n) is 10.4. The fraction of sp³-hybridized carbons (Fsp3) is 0.240. The molecule has 0 aromatic heterocycles. The van der Waals surface area contributed by atoms with Gasteiger partial charge in [0.1, 0.15) is 10.6 Å². The van der Waals surface area contributed by atoms with Gasteiger partial charge in [0, 0.05) is 6.07 Å². The third-order valence-corrected chi connectivity index (χ3v) is 5.15. The van der Waals surface area contributed by atoms with E-state index in [0.717, 1.165) is 16.3 Å². The Hall–Kier alpha value is -3.78. The van der Waals surface area contributed by atoms with E-state index >= 15 is 0 Å². The number of rotatable bonds is 7. The smallest absolute Gasteiger partial charge is 0.375 e. The van der Waals surface area contributed by atoms with Crippen LogP contribution < -0.4 is 4.90 Å². The van der Waals surface area contributed by atoms with Gasteiger partial charge in [0.15, 0.2) is 0 Å². The number of nitro benzene ring substituents is 1. The Morgan fingerprint density at radius 2 is 1.68 bits per heavy atom. The van der Waals surface area contributed by atoms with E-state index in [1.54, 1.807) is 20.8 Å². The molecule has 0 heterocycles. The number of ether oxygens (including phenoxy) is 1. The summed E-state index contributed by atoms with van der Waals surface area (Å²) in [7, 11) is 0. The summed E-state index contributed by atoms with van der Waals surface area (Å²) in [5, 5.41) is 13.2. The molecule has 0 saturated heterocycles. The van der Waals surface area contributed by atoms with Gasteiger partial charge in [0.2, 0.25) is 11.7 Å². The number of anilines is 1. The lowest BCUT2D eigenvalue weighted by atomic mass is 10.1. The van der Waals surface area contributed by atoms with Gasteiger partial charge in [0.05, 0.1) is 23.6 Å². The maximum absolute atomic E-state index is 13.2. The lowest BCUT2D eigenvalue weighted by Crippen LogP contribution is -2.35. The average molecular weight is 483 g/mol. The zero-order valence-corrected chi connectivity index (χ0v) is 19.7. The van der Waals surface area contributed by atoms with Crippen molar-refractivity contribution in [1.82, 2.24) is 0 Å². The van der Waals surface area contributed by atoms with Gasteiger partial charge in [-0.3, -0.25) is 19.7 Å². The molecule has 8 nitrogen and oxygen atoms in total. The third-order valence-electron chi connectivity index (χ3n) is 4.83. The number of fused-ring (bicyclic) bond motifs is 1. The Labute approximate surface area is 201 Å².